The van der Waals surface area contributed by atoms with Crippen LogP contribution >= 0.6 is 11.8 Å². The largest absolute Gasteiger partial charge is 0.358 e. The predicted octanol–water partition coefficient (Wildman–Crippen LogP) is 2.91. The Bertz CT molecular complexity index is 1230. The third kappa shape index (κ3) is 4.13. The van der Waals surface area contributed by atoms with E-state index in [0.717, 1.165) is 22.2 Å². The van der Waals surface area contributed by atoms with Crippen LogP contribution < -0.4 is 5.32 Å². The van der Waals surface area contributed by atoms with Gasteiger partial charge in [0.2, 0.25) is 0 Å². The van der Waals surface area contributed by atoms with Gasteiger partial charge in [-0.05, 0) is 42.5 Å². The monoisotopic (exact) mass is 434 g/mol. The van der Waals surface area contributed by atoms with Gasteiger partial charge in [0.15, 0.2) is 0 Å². The number of aromatic nitrogens is 2. The molecule has 3 amide bonds. The van der Waals surface area contributed by atoms with Crippen LogP contribution in [-0.2, 0) is 9.59 Å². The van der Waals surface area contributed by atoms with Gasteiger partial charge in [0.05, 0.1) is 10.5 Å². The van der Waals surface area contributed by atoms with Gasteiger partial charge in [-0.2, -0.15) is 0 Å². The van der Waals surface area contributed by atoms with E-state index in [1.165, 1.54) is 0 Å². The third-order valence-electron chi connectivity index (χ3n) is 4.80. The standard InChI is InChI=1S/C22H18N4O4S/c1-13-18(15-6-2-3-7-16(15)25-13)19(27)20(28)24-9-10-26-21(29)17(31-22(26)30)11-14-5-4-8-23-12-14/h2-8,11-12,25H,9-10H2,1H3,(H,24,28)/b17-11-. The molecule has 1 aliphatic heterocycles. The number of nitrogens with zero attached hydrogens (tertiary/aromatic N) is 2. The lowest BCUT2D eigenvalue weighted by Gasteiger charge is -2.12. The van der Waals surface area contributed by atoms with Crippen LogP contribution in [0, 0.1) is 6.92 Å². The number of benzene rings is 1. The number of aromatic amines is 1. The Morgan fingerprint density at radius 2 is 2.00 bits per heavy atom. The number of rotatable bonds is 6. The number of pyridine rings is 1. The average Bonchev–Trinajstić information content (AvgIpc) is 3.24. The maximum atomic E-state index is 12.7. The van der Waals surface area contributed by atoms with Gasteiger partial charge in [0.25, 0.3) is 22.8 Å². The highest BCUT2D eigenvalue weighted by Gasteiger charge is 2.35. The first kappa shape index (κ1) is 20.5. The zero-order valence-corrected chi connectivity index (χ0v) is 17.4. The van der Waals surface area contributed by atoms with E-state index in [0.29, 0.717) is 22.2 Å². The van der Waals surface area contributed by atoms with Crippen LogP contribution in [0.5, 0.6) is 0 Å². The molecule has 4 rings (SSSR count). The smallest absolute Gasteiger partial charge is 0.293 e. The number of thioether (sulfide) groups is 1. The molecular weight excluding hydrogens is 416 g/mol. The maximum Gasteiger partial charge on any atom is 0.293 e. The lowest BCUT2D eigenvalue weighted by molar-refractivity contribution is -0.123. The number of fused-ring (bicyclic) bond motifs is 1. The number of hydrogen-bond acceptors (Lipinski definition) is 6. The van der Waals surface area contributed by atoms with Crippen LogP contribution in [0.3, 0.4) is 0 Å². The van der Waals surface area contributed by atoms with E-state index in [2.05, 4.69) is 15.3 Å². The summed E-state index contributed by atoms with van der Waals surface area (Å²) >= 11 is 0.830. The van der Waals surface area contributed by atoms with Gasteiger partial charge in [-0.25, -0.2) is 0 Å². The molecule has 8 nitrogen and oxygen atoms in total. The van der Waals surface area contributed by atoms with E-state index in [9.17, 15) is 19.2 Å². The molecule has 0 unspecified atom stereocenters. The van der Waals surface area contributed by atoms with Gasteiger partial charge in [-0.3, -0.25) is 29.1 Å². The van der Waals surface area contributed by atoms with Crippen LogP contribution in [-0.4, -0.2) is 50.8 Å². The van der Waals surface area contributed by atoms with E-state index in [-0.39, 0.29) is 18.0 Å². The maximum absolute atomic E-state index is 12.7. The van der Waals surface area contributed by atoms with Crippen molar-refractivity contribution in [2.24, 2.45) is 0 Å². The molecule has 0 bridgehead atoms. The van der Waals surface area contributed by atoms with Gasteiger partial charge in [0.1, 0.15) is 0 Å². The normalized spacial score (nSPS) is 15.1. The molecule has 9 heteroatoms. The second-order valence-corrected chi connectivity index (χ2v) is 7.87. The van der Waals surface area contributed by atoms with Gasteiger partial charge in [0, 0.05) is 42.1 Å². The van der Waals surface area contributed by atoms with Crippen LogP contribution in [0.1, 0.15) is 21.6 Å². The number of aryl methyl sites for hydroxylation is 1. The fourth-order valence-electron chi connectivity index (χ4n) is 3.35. The first-order chi connectivity index (χ1) is 15.0. The summed E-state index contributed by atoms with van der Waals surface area (Å²) in [6.45, 7) is 1.68. The molecule has 1 saturated heterocycles. The lowest BCUT2D eigenvalue weighted by atomic mass is 10.1. The Kier molecular flexibility index (Phi) is 5.68. The molecule has 3 aromatic rings. The molecule has 2 N–H and O–H groups in total. The zero-order chi connectivity index (χ0) is 22.0. The number of hydrogen-bond donors (Lipinski definition) is 2. The molecule has 2 aromatic heterocycles. The Morgan fingerprint density at radius 3 is 2.77 bits per heavy atom. The number of Topliss-reactive ketones (excluding diaryl/α,β-unsaturated/α-hetero) is 1. The first-order valence-electron chi connectivity index (χ1n) is 9.51. The topological polar surface area (TPSA) is 112 Å². The average molecular weight is 434 g/mol. The number of amides is 3. The molecule has 156 valence electrons. The van der Waals surface area contributed by atoms with Gasteiger partial charge in [-0.1, -0.05) is 24.3 Å². The highest BCUT2D eigenvalue weighted by molar-refractivity contribution is 8.18. The van der Waals surface area contributed by atoms with Gasteiger partial charge >= 0.3 is 0 Å². The van der Waals surface area contributed by atoms with Crippen molar-refractivity contribution in [3.8, 4) is 0 Å². The minimum absolute atomic E-state index is 0.0236. The Hall–Kier alpha value is -3.72. The number of para-hydroxylation sites is 1. The third-order valence-corrected chi connectivity index (χ3v) is 5.71. The summed E-state index contributed by atoms with van der Waals surface area (Å²) in [6, 6.07) is 10.7. The predicted molar refractivity (Wildman–Crippen MR) is 117 cm³/mol. The van der Waals surface area contributed by atoms with Gasteiger partial charge < -0.3 is 10.3 Å². The van der Waals surface area contributed by atoms with Gasteiger partial charge in [-0.15, -0.1) is 0 Å². The summed E-state index contributed by atoms with van der Waals surface area (Å²) in [7, 11) is 0. The van der Waals surface area contributed by atoms with Crippen LogP contribution in [0.25, 0.3) is 17.0 Å². The Labute approximate surface area is 181 Å². The van der Waals surface area contributed by atoms with Crippen molar-refractivity contribution >= 4 is 51.6 Å². The summed E-state index contributed by atoms with van der Waals surface area (Å²) in [4.78, 5) is 58.2. The van der Waals surface area contributed by atoms with Crippen molar-refractivity contribution in [2.45, 2.75) is 6.92 Å². The van der Waals surface area contributed by atoms with E-state index < -0.39 is 22.8 Å². The molecule has 0 aliphatic carbocycles. The zero-order valence-electron chi connectivity index (χ0n) is 16.5. The van der Waals surface area contributed by atoms with Crippen molar-refractivity contribution in [3.63, 3.8) is 0 Å². The Morgan fingerprint density at radius 1 is 1.19 bits per heavy atom. The lowest BCUT2D eigenvalue weighted by Crippen LogP contribution is -2.39. The fourth-order valence-corrected chi connectivity index (χ4v) is 4.21. The number of nitrogens with one attached hydrogen (secondary N) is 2. The molecule has 3 heterocycles. The van der Waals surface area contributed by atoms with E-state index in [4.69, 9.17) is 0 Å². The summed E-state index contributed by atoms with van der Waals surface area (Å²) in [6.07, 6.45) is 4.80. The van der Waals surface area contributed by atoms with Crippen molar-refractivity contribution < 1.29 is 19.2 Å². The number of carbonyl (C=O) groups excluding carboxylic acids is 4. The van der Waals surface area contributed by atoms with Crippen molar-refractivity contribution in [1.82, 2.24) is 20.2 Å². The van der Waals surface area contributed by atoms with E-state index in [1.807, 2.05) is 12.1 Å². The molecule has 0 saturated carbocycles. The highest BCUT2D eigenvalue weighted by atomic mass is 32.2. The van der Waals surface area contributed by atoms with Crippen molar-refractivity contribution in [1.29, 1.82) is 0 Å². The number of ketones is 1. The Balaban J connectivity index is 1.39. The minimum atomic E-state index is -0.786. The molecule has 1 aromatic carbocycles. The molecular formula is C22H18N4O4S. The summed E-state index contributed by atoms with van der Waals surface area (Å²) in [5.41, 5.74) is 2.40. The SMILES string of the molecule is Cc1[nH]c2ccccc2c1C(=O)C(=O)NCCN1C(=O)S/C(=C\c2cccnc2)C1=O. The highest BCUT2D eigenvalue weighted by Crippen LogP contribution is 2.31. The van der Waals surface area contributed by atoms with Crippen molar-refractivity contribution in [3.05, 3.63) is 70.5 Å². The molecule has 0 atom stereocenters. The fraction of sp³-hybridized carbons (Fsp3) is 0.136. The second-order valence-electron chi connectivity index (χ2n) is 6.88. The van der Waals surface area contributed by atoms with E-state index in [1.54, 1.807) is 49.7 Å². The number of H-pyrrole nitrogens is 1. The first-order valence-corrected chi connectivity index (χ1v) is 10.3. The minimum Gasteiger partial charge on any atom is -0.358 e. The van der Waals surface area contributed by atoms with Crippen molar-refractivity contribution in [2.75, 3.05) is 13.1 Å². The summed E-state index contributed by atoms with van der Waals surface area (Å²) < 4.78 is 0. The molecule has 0 radical (unpaired) electrons. The second kappa shape index (κ2) is 8.57. The molecule has 1 aliphatic rings. The number of carbonyl (C=O) groups is 4. The van der Waals surface area contributed by atoms with Crippen LogP contribution in [0.4, 0.5) is 4.79 Å². The quantitative estimate of drug-likeness (QED) is 0.350. The number of imide groups is 1. The summed E-state index contributed by atoms with van der Waals surface area (Å²) in [5.74, 6) is -1.89. The molecule has 1 fully saturated rings. The van der Waals surface area contributed by atoms with Crippen LogP contribution in [0.15, 0.2) is 53.7 Å². The molecule has 31 heavy (non-hydrogen) atoms. The van der Waals surface area contributed by atoms with Crippen LogP contribution in [0.2, 0.25) is 0 Å². The summed E-state index contributed by atoms with van der Waals surface area (Å²) in [5, 5.41) is 2.76. The molecule has 0 spiro atoms. The van der Waals surface area contributed by atoms with E-state index >= 15 is 0 Å².